The molecule has 0 atom stereocenters. The molecule has 3 aromatic heterocycles. The molecule has 0 radical (unpaired) electrons. The normalized spacial score (nSPS) is 11.6. The number of pyridine rings is 1. The third kappa shape index (κ3) is 5.03. The number of nitrogens with one attached hydrogen (secondary N) is 1. The third-order valence-electron chi connectivity index (χ3n) is 5.31. The van der Waals surface area contributed by atoms with Crippen LogP contribution in [0.4, 0.5) is 0 Å². The summed E-state index contributed by atoms with van der Waals surface area (Å²) < 4.78 is 3.55. The van der Waals surface area contributed by atoms with Crippen molar-refractivity contribution in [2.24, 2.45) is 0 Å². The zero-order valence-electron chi connectivity index (χ0n) is 17.4. The molecule has 0 aromatic carbocycles. The summed E-state index contributed by atoms with van der Waals surface area (Å²) in [7, 11) is 0. The highest BCUT2D eigenvalue weighted by Gasteiger charge is 2.11. The van der Waals surface area contributed by atoms with Gasteiger partial charge in [0.25, 0.3) is 5.56 Å². The number of hydrogen-bond acceptors (Lipinski definition) is 4. The van der Waals surface area contributed by atoms with Crippen LogP contribution in [0.1, 0.15) is 39.5 Å². The van der Waals surface area contributed by atoms with Crippen molar-refractivity contribution in [3.63, 3.8) is 0 Å². The first kappa shape index (κ1) is 21.0. The highest BCUT2D eigenvalue weighted by molar-refractivity contribution is 5.76. The van der Waals surface area contributed by atoms with Gasteiger partial charge in [-0.3, -0.25) is 14.2 Å². The fourth-order valence-corrected chi connectivity index (χ4v) is 3.64. The molecule has 0 saturated heterocycles. The molecular formula is C22H31N5O2. The van der Waals surface area contributed by atoms with E-state index in [-0.39, 0.29) is 11.5 Å². The van der Waals surface area contributed by atoms with E-state index in [1.165, 1.54) is 12.8 Å². The number of amides is 1. The van der Waals surface area contributed by atoms with Crippen molar-refractivity contribution in [2.75, 3.05) is 26.2 Å². The van der Waals surface area contributed by atoms with E-state index in [0.29, 0.717) is 37.1 Å². The lowest BCUT2D eigenvalue weighted by Gasteiger charge is -2.20. The summed E-state index contributed by atoms with van der Waals surface area (Å²) in [6.45, 7) is 8.43. The molecule has 0 spiro atoms. The summed E-state index contributed by atoms with van der Waals surface area (Å²) >= 11 is 0. The third-order valence-corrected chi connectivity index (χ3v) is 5.31. The van der Waals surface area contributed by atoms with Gasteiger partial charge in [-0.05, 0) is 50.2 Å². The number of carbonyl (C=O) groups excluding carboxylic acids is 1. The van der Waals surface area contributed by atoms with Gasteiger partial charge in [0.05, 0.1) is 5.52 Å². The first-order valence-electron chi connectivity index (χ1n) is 10.6. The second-order valence-electron chi connectivity index (χ2n) is 7.31. The summed E-state index contributed by atoms with van der Waals surface area (Å²) in [6.07, 6.45) is 6.93. The van der Waals surface area contributed by atoms with Gasteiger partial charge in [-0.25, -0.2) is 4.98 Å². The van der Waals surface area contributed by atoms with Crippen molar-refractivity contribution in [2.45, 2.75) is 46.1 Å². The van der Waals surface area contributed by atoms with E-state index in [1.54, 1.807) is 10.8 Å². The fourth-order valence-electron chi connectivity index (χ4n) is 3.64. The van der Waals surface area contributed by atoms with Gasteiger partial charge in [-0.15, -0.1) is 0 Å². The van der Waals surface area contributed by atoms with Crippen molar-refractivity contribution < 1.29 is 4.79 Å². The molecule has 0 aliphatic heterocycles. The van der Waals surface area contributed by atoms with Crippen LogP contribution in [0.3, 0.4) is 0 Å². The van der Waals surface area contributed by atoms with Crippen LogP contribution in [0.25, 0.3) is 16.7 Å². The van der Waals surface area contributed by atoms with Crippen LogP contribution in [0, 0.1) is 0 Å². The smallest absolute Gasteiger partial charge is 0.276 e. The number of unbranched alkanes of at least 4 members (excludes halogenated alkanes) is 1. The molecule has 0 aliphatic rings. The Bertz CT molecular complexity index is 1010. The van der Waals surface area contributed by atoms with Crippen LogP contribution in [0.5, 0.6) is 0 Å². The van der Waals surface area contributed by atoms with Crippen LogP contribution in [-0.2, 0) is 11.3 Å². The second-order valence-corrected chi connectivity index (χ2v) is 7.31. The van der Waals surface area contributed by atoms with Crippen molar-refractivity contribution >= 4 is 22.6 Å². The Kier molecular flexibility index (Phi) is 7.41. The Balaban J connectivity index is 1.56. The van der Waals surface area contributed by atoms with Crippen molar-refractivity contribution in [1.29, 1.82) is 0 Å². The molecule has 7 heteroatoms. The molecule has 3 rings (SSSR count). The predicted molar refractivity (Wildman–Crippen MR) is 116 cm³/mol. The van der Waals surface area contributed by atoms with Crippen LogP contribution >= 0.6 is 0 Å². The Morgan fingerprint density at radius 2 is 1.97 bits per heavy atom. The molecule has 0 saturated carbocycles. The van der Waals surface area contributed by atoms with Crippen molar-refractivity contribution in [1.82, 2.24) is 24.2 Å². The maximum atomic E-state index is 12.8. The topological polar surface area (TPSA) is 71.6 Å². The number of carbonyl (C=O) groups is 1. The predicted octanol–water partition coefficient (Wildman–Crippen LogP) is 2.67. The van der Waals surface area contributed by atoms with E-state index in [2.05, 4.69) is 29.0 Å². The fraction of sp³-hybridized carbons (Fsp3) is 0.500. The number of aromatic nitrogens is 3. The Morgan fingerprint density at radius 1 is 1.14 bits per heavy atom. The van der Waals surface area contributed by atoms with E-state index >= 15 is 0 Å². The average molecular weight is 398 g/mol. The zero-order chi connectivity index (χ0) is 20.6. The highest BCUT2D eigenvalue weighted by atomic mass is 16.1. The summed E-state index contributed by atoms with van der Waals surface area (Å²) in [5.41, 5.74) is 2.09. The largest absolute Gasteiger partial charge is 0.355 e. The van der Waals surface area contributed by atoms with Gasteiger partial charge in [0.15, 0.2) is 5.65 Å². The van der Waals surface area contributed by atoms with Gasteiger partial charge in [-0.2, -0.15) is 0 Å². The summed E-state index contributed by atoms with van der Waals surface area (Å²) in [4.78, 5) is 31.8. The number of rotatable bonds is 11. The number of aryl methyl sites for hydroxylation is 1. The lowest BCUT2D eigenvalue weighted by atomic mass is 10.2. The molecule has 1 amide bonds. The highest BCUT2D eigenvalue weighted by Crippen LogP contribution is 2.13. The van der Waals surface area contributed by atoms with Gasteiger partial charge >= 0.3 is 0 Å². The van der Waals surface area contributed by atoms with Crippen molar-refractivity contribution in [3.8, 4) is 0 Å². The molecule has 0 fully saturated rings. The summed E-state index contributed by atoms with van der Waals surface area (Å²) in [6, 6.07) is 7.50. The number of likely N-dealkylation sites (N-methyl/N-ethyl adjacent to an activating group) is 1. The van der Waals surface area contributed by atoms with Crippen LogP contribution in [0.2, 0.25) is 0 Å². The van der Waals surface area contributed by atoms with Gasteiger partial charge in [0.1, 0.15) is 5.52 Å². The monoisotopic (exact) mass is 397 g/mol. The van der Waals surface area contributed by atoms with Crippen LogP contribution < -0.4 is 10.9 Å². The SMILES string of the molecule is CCCCN(CC)CCNC(=O)CCCn1c(=O)c2cccn2c2cccnc21. The van der Waals surface area contributed by atoms with Gasteiger partial charge in [-0.1, -0.05) is 20.3 Å². The molecule has 0 unspecified atom stereocenters. The minimum atomic E-state index is -0.0730. The number of fused-ring (bicyclic) bond motifs is 3. The number of nitrogens with zero attached hydrogens (tertiary/aromatic N) is 4. The zero-order valence-corrected chi connectivity index (χ0v) is 17.4. The lowest BCUT2D eigenvalue weighted by Crippen LogP contribution is -2.35. The Morgan fingerprint density at radius 3 is 2.76 bits per heavy atom. The first-order valence-corrected chi connectivity index (χ1v) is 10.6. The summed E-state index contributed by atoms with van der Waals surface area (Å²) in [5.74, 6) is 0.0330. The molecule has 1 N–H and O–H groups in total. The first-order chi connectivity index (χ1) is 14.2. The number of hydrogen-bond donors (Lipinski definition) is 1. The maximum Gasteiger partial charge on any atom is 0.276 e. The Hall–Kier alpha value is -2.67. The van der Waals surface area contributed by atoms with Gasteiger partial charge < -0.3 is 14.6 Å². The minimum absolute atomic E-state index is 0.0330. The second kappa shape index (κ2) is 10.2. The molecular weight excluding hydrogens is 366 g/mol. The summed E-state index contributed by atoms with van der Waals surface area (Å²) in [5, 5.41) is 3.00. The standard InChI is InChI=1S/C22H31N5O2/c1-3-5-14-25(4-2)17-13-23-20(28)11-8-16-27-21-18(9-6-12-24-21)26-15-7-10-19(26)22(27)29/h6-7,9-10,12,15H,3-5,8,11,13-14,16-17H2,1-2H3,(H,23,28). The quantitative estimate of drug-likeness (QED) is 0.540. The Labute approximate surface area is 171 Å². The van der Waals surface area contributed by atoms with Crippen LogP contribution in [-0.4, -0.2) is 50.9 Å². The molecule has 3 aromatic rings. The van der Waals surface area contributed by atoms with E-state index in [1.807, 2.05) is 34.9 Å². The van der Waals surface area contributed by atoms with Crippen molar-refractivity contribution in [3.05, 3.63) is 47.0 Å². The van der Waals surface area contributed by atoms with Gasteiger partial charge in [0.2, 0.25) is 5.91 Å². The van der Waals surface area contributed by atoms with E-state index < -0.39 is 0 Å². The molecule has 0 aliphatic carbocycles. The lowest BCUT2D eigenvalue weighted by molar-refractivity contribution is -0.121. The van der Waals surface area contributed by atoms with Crippen LogP contribution in [0.15, 0.2) is 41.5 Å². The molecule has 0 bridgehead atoms. The maximum absolute atomic E-state index is 12.8. The molecule has 3 heterocycles. The van der Waals surface area contributed by atoms with E-state index in [4.69, 9.17) is 0 Å². The molecule has 156 valence electrons. The minimum Gasteiger partial charge on any atom is -0.355 e. The molecule has 7 nitrogen and oxygen atoms in total. The average Bonchev–Trinajstić information content (AvgIpc) is 3.23. The molecule has 29 heavy (non-hydrogen) atoms. The van der Waals surface area contributed by atoms with E-state index in [9.17, 15) is 9.59 Å². The van der Waals surface area contributed by atoms with Gasteiger partial charge in [0, 0.05) is 38.4 Å². The van der Waals surface area contributed by atoms with E-state index in [0.717, 1.165) is 25.2 Å².